The summed E-state index contributed by atoms with van der Waals surface area (Å²) in [5.41, 5.74) is 0.764. The van der Waals surface area contributed by atoms with Gasteiger partial charge in [-0.3, -0.25) is 9.59 Å². The molecule has 0 aliphatic carbocycles. The summed E-state index contributed by atoms with van der Waals surface area (Å²) in [7, 11) is 0. The Kier molecular flexibility index (Phi) is 6.25. The van der Waals surface area contributed by atoms with Gasteiger partial charge < -0.3 is 11.1 Å². The first-order valence-electron chi connectivity index (χ1n) is 7.05. The van der Waals surface area contributed by atoms with E-state index in [1.165, 1.54) is 6.92 Å². The number of nitriles is 1. The summed E-state index contributed by atoms with van der Waals surface area (Å²) >= 11 is 0. The molecule has 0 saturated heterocycles. The van der Waals surface area contributed by atoms with Gasteiger partial charge in [-0.1, -0.05) is 0 Å². The zero-order valence-electron chi connectivity index (χ0n) is 13.2. The first-order chi connectivity index (χ1) is 11.8. The maximum atomic E-state index is 12.8. The van der Waals surface area contributed by atoms with Crippen LogP contribution >= 0.6 is 0 Å². The monoisotopic (exact) mass is 381 g/mol. The Morgan fingerprint density at radius 2 is 1.58 bits per heavy atom. The first-order valence-corrected chi connectivity index (χ1v) is 7.05. The molecule has 0 bridgehead atoms. The molecule has 0 saturated carbocycles. The van der Waals surface area contributed by atoms with Crippen LogP contribution in [0.5, 0.6) is 0 Å². The number of carbonyl (C=O) groups is 2. The SMILES string of the molecule is C[C@@H](C#N)C[C@@H](NC(=O)c1cc(C(F)(F)F)cc(C(F)(F)F)c1)C(N)=O. The summed E-state index contributed by atoms with van der Waals surface area (Å²) in [4.78, 5) is 23.4. The van der Waals surface area contributed by atoms with Crippen molar-refractivity contribution in [3.63, 3.8) is 0 Å². The highest BCUT2D eigenvalue weighted by atomic mass is 19.4. The van der Waals surface area contributed by atoms with Crippen molar-refractivity contribution < 1.29 is 35.9 Å². The fraction of sp³-hybridized carbons (Fsp3) is 0.400. The highest BCUT2D eigenvalue weighted by Gasteiger charge is 2.37. The van der Waals surface area contributed by atoms with Crippen molar-refractivity contribution in [2.75, 3.05) is 0 Å². The zero-order valence-corrected chi connectivity index (χ0v) is 13.2. The van der Waals surface area contributed by atoms with E-state index in [4.69, 9.17) is 11.0 Å². The molecule has 0 spiro atoms. The molecule has 0 aliphatic rings. The fourth-order valence-electron chi connectivity index (χ4n) is 1.98. The van der Waals surface area contributed by atoms with Crippen molar-refractivity contribution in [1.82, 2.24) is 5.32 Å². The third-order valence-corrected chi connectivity index (χ3v) is 3.31. The van der Waals surface area contributed by atoms with Crippen LogP contribution in [0.3, 0.4) is 0 Å². The van der Waals surface area contributed by atoms with E-state index in [0.29, 0.717) is 0 Å². The van der Waals surface area contributed by atoms with Crippen LogP contribution in [-0.4, -0.2) is 17.9 Å². The van der Waals surface area contributed by atoms with Gasteiger partial charge in [-0.25, -0.2) is 0 Å². The lowest BCUT2D eigenvalue weighted by Crippen LogP contribution is -2.45. The molecule has 2 atom stereocenters. The number of hydrogen-bond donors (Lipinski definition) is 2. The van der Waals surface area contributed by atoms with Crippen LogP contribution in [-0.2, 0) is 17.1 Å². The minimum atomic E-state index is -5.12. The van der Waals surface area contributed by atoms with Crippen molar-refractivity contribution in [3.8, 4) is 6.07 Å². The van der Waals surface area contributed by atoms with Gasteiger partial charge in [0, 0.05) is 11.5 Å². The van der Waals surface area contributed by atoms with Crippen LogP contribution in [0, 0.1) is 17.2 Å². The molecule has 0 radical (unpaired) electrons. The second-order valence-corrected chi connectivity index (χ2v) is 5.49. The van der Waals surface area contributed by atoms with Gasteiger partial charge in [0.2, 0.25) is 5.91 Å². The molecule has 0 fully saturated rings. The van der Waals surface area contributed by atoms with E-state index in [2.05, 4.69) is 0 Å². The van der Waals surface area contributed by atoms with Crippen molar-refractivity contribution in [2.24, 2.45) is 11.7 Å². The lowest BCUT2D eigenvalue weighted by Gasteiger charge is -2.18. The molecule has 3 N–H and O–H groups in total. The highest BCUT2D eigenvalue weighted by Crippen LogP contribution is 2.36. The summed E-state index contributed by atoms with van der Waals surface area (Å²) in [5, 5.41) is 10.7. The van der Waals surface area contributed by atoms with Crippen LogP contribution in [0.15, 0.2) is 18.2 Å². The van der Waals surface area contributed by atoms with Crippen LogP contribution in [0.1, 0.15) is 34.8 Å². The van der Waals surface area contributed by atoms with E-state index in [1.54, 1.807) is 6.07 Å². The Morgan fingerprint density at radius 3 is 1.92 bits per heavy atom. The van der Waals surface area contributed by atoms with Crippen molar-refractivity contribution >= 4 is 11.8 Å². The van der Waals surface area contributed by atoms with Crippen LogP contribution in [0.25, 0.3) is 0 Å². The molecule has 1 aromatic carbocycles. The predicted molar refractivity (Wildman–Crippen MR) is 76.3 cm³/mol. The van der Waals surface area contributed by atoms with Crippen molar-refractivity contribution in [2.45, 2.75) is 31.7 Å². The van der Waals surface area contributed by atoms with Gasteiger partial charge in [0.15, 0.2) is 0 Å². The smallest absolute Gasteiger partial charge is 0.368 e. The minimum absolute atomic E-state index is 0.125. The van der Waals surface area contributed by atoms with Gasteiger partial charge in [-0.05, 0) is 31.5 Å². The summed E-state index contributed by atoms with van der Waals surface area (Å²) in [6.07, 6.45) is -10.5. The first kappa shape index (κ1) is 21.3. The van der Waals surface area contributed by atoms with Crippen LogP contribution in [0.2, 0.25) is 0 Å². The molecule has 0 aromatic heterocycles. The maximum absolute atomic E-state index is 12.8. The summed E-state index contributed by atoms with van der Waals surface area (Å²) in [6, 6.07) is 0.675. The van der Waals surface area contributed by atoms with Gasteiger partial charge in [-0.15, -0.1) is 0 Å². The Balaban J connectivity index is 3.26. The normalized spacial score (nSPS) is 14.2. The maximum Gasteiger partial charge on any atom is 0.416 e. The molecule has 11 heteroatoms. The molecule has 0 unspecified atom stereocenters. The number of alkyl halides is 6. The van der Waals surface area contributed by atoms with Crippen LogP contribution < -0.4 is 11.1 Å². The zero-order chi connectivity index (χ0) is 20.3. The van der Waals surface area contributed by atoms with E-state index in [0.717, 1.165) is 0 Å². The van der Waals surface area contributed by atoms with Gasteiger partial charge in [0.05, 0.1) is 17.2 Å². The van der Waals surface area contributed by atoms with E-state index < -0.39 is 52.8 Å². The molecule has 5 nitrogen and oxygen atoms in total. The van der Waals surface area contributed by atoms with Crippen LogP contribution in [0.4, 0.5) is 26.3 Å². The van der Waals surface area contributed by atoms with Gasteiger partial charge in [0.25, 0.3) is 5.91 Å². The lowest BCUT2D eigenvalue weighted by molar-refractivity contribution is -0.143. The molecule has 0 aliphatic heterocycles. The molecule has 2 amide bonds. The number of primary amides is 1. The van der Waals surface area contributed by atoms with Gasteiger partial charge in [-0.2, -0.15) is 31.6 Å². The minimum Gasteiger partial charge on any atom is -0.368 e. The predicted octanol–water partition coefficient (Wildman–Crippen LogP) is 2.86. The third kappa shape index (κ3) is 5.65. The van der Waals surface area contributed by atoms with E-state index >= 15 is 0 Å². The number of benzene rings is 1. The Hall–Kier alpha value is -2.77. The molecule has 0 heterocycles. The number of amides is 2. The number of carbonyl (C=O) groups excluding carboxylic acids is 2. The van der Waals surface area contributed by atoms with E-state index in [1.807, 2.05) is 5.32 Å². The third-order valence-electron chi connectivity index (χ3n) is 3.31. The molecular weight excluding hydrogens is 368 g/mol. The topological polar surface area (TPSA) is 96.0 Å². The lowest BCUT2D eigenvalue weighted by atomic mass is 10.0. The number of nitrogens with two attached hydrogens (primary N) is 1. The van der Waals surface area contributed by atoms with Crippen molar-refractivity contribution in [1.29, 1.82) is 5.26 Å². The second kappa shape index (κ2) is 7.63. The second-order valence-electron chi connectivity index (χ2n) is 5.49. The summed E-state index contributed by atoms with van der Waals surface area (Å²) in [5.74, 6) is -3.17. The molecule has 1 aromatic rings. The number of nitrogens with one attached hydrogen (secondary N) is 1. The Labute approximate surface area is 143 Å². The van der Waals surface area contributed by atoms with E-state index in [9.17, 15) is 35.9 Å². The summed E-state index contributed by atoms with van der Waals surface area (Å²) < 4.78 is 76.8. The highest BCUT2D eigenvalue weighted by molar-refractivity contribution is 5.97. The molecule has 26 heavy (non-hydrogen) atoms. The number of nitrogens with zero attached hydrogens (tertiary/aromatic N) is 1. The average Bonchev–Trinajstić information content (AvgIpc) is 2.51. The fourth-order valence-corrected chi connectivity index (χ4v) is 1.98. The molecule has 1 rings (SSSR count). The quantitative estimate of drug-likeness (QED) is 0.768. The standard InChI is InChI=1S/C15H13F6N3O2/c1-7(6-22)2-11(12(23)25)24-13(26)8-3-9(14(16,17)18)5-10(4-8)15(19,20)21/h3-5,7,11H,2H2,1H3,(H2,23,25)(H,24,26)/t7-,11-/m1/s1. The largest absolute Gasteiger partial charge is 0.416 e. The Bertz CT molecular complexity index is 704. The number of hydrogen-bond acceptors (Lipinski definition) is 3. The number of rotatable bonds is 5. The molecular formula is C15H13F6N3O2. The van der Waals surface area contributed by atoms with E-state index in [-0.39, 0.29) is 24.6 Å². The molecule has 142 valence electrons. The van der Waals surface area contributed by atoms with Gasteiger partial charge in [0.1, 0.15) is 6.04 Å². The van der Waals surface area contributed by atoms with Gasteiger partial charge >= 0.3 is 12.4 Å². The number of halogens is 6. The average molecular weight is 381 g/mol. The Morgan fingerprint density at radius 1 is 1.12 bits per heavy atom. The summed E-state index contributed by atoms with van der Waals surface area (Å²) in [6.45, 7) is 1.40. The van der Waals surface area contributed by atoms with Crippen molar-refractivity contribution in [3.05, 3.63) is 34.9 Å².